The van der Waals surface area contributed by atoms with Crippen LogP contribution in [-0.4, -0.2) is 66.1 Å². The van der Waals surface area contributed by atoms with Crippen molar-refractivity contribution in [1.82, 2.24) is 15.4 Å². The van der Waals surface area contributed by atoms with E-state index in [-0.39, 0.29) is 37.4 Å². The number of benzene rings is 3. The first kappa shape index (κ1) is 29.7. The molecule has 2 aliphatic heterocycles. The summed E-state index contributed by atoms with van der Waals surface area (Å²) in [6.45, 7) is 2.16. The number of nitrogens with one attached hydrogen (secondary N) is 2. The Labute approximate surface area is 259 Å². The first-order chi connectivity index (χ1) is 21.7. The van der Waals surface area contributed by atoms with Gasteiger partial charge in [-0.3, -0.25) is 24.7 Å². The lowest BCUT2D eigenvalue weighted by Crippen LogP contribution is -2.34. The second-order valence-corrected chi connectivity index (χ2v) is 11.1. The number of para-hydroxylation sites is 2. The molecule has 45 heavy (non-hydrogen) atoms. The number of aliphatic carboxylic acids is 1. The number of carbonyl (C=O) groups excluding carboxylic acids is 2. The van der Waals surface area contributed by atoms with E-state index in [1.165, 1.54) is 4.90 Å². The fraction of sp³-hybridized carbons (Fsp3) is 0.273. The van der Waals surface area contributed by atoms with E-state index in [1.807, 2.05) is 48.5 Å². The molecule has 2 aliphatic rings. The van der Waals surface area contributed by atoms with Gasteiger partial charge >= 0.3 is 5.97 Å². The first-order valence-electron chi connectivity index (χ1n) is 14.5. The highest BCUT2D eigenvalue weighted by atomic mass is 16.7. The Bertz CT molecular complexity index is 1780. The Morgan fingerprint density at radius 3 is 2.60 bits per heavy atom. The minimum atomic E-state index is -0.962. The number of methoxy groups -OCH3 is 1. The number of anilines is 3. The summed E-state index contributed by atoms with van der Waals surface area (Å²) in [6, 6.07) is 20.4. The number of fused-ring (bicyclic) bond motifs is 1. The third kappa shape index (κ3) is 6.18. The van der Waals surface area contributed by atoms with Crippen molar-refractivity contribution in [3.63, 3.8) is 0 Å². The van der Waals surface area contributed by atoms with Crippen LogP contribution in [0, 0.1) is 5.92 Å². The van der Waals surface area contributed by atoms with Gasteiger partial charge in [0, 0.05) is 31.7 Å². The molecule has 1 fully saturated rings. The summed E-state index contributed by atoms with van der Waals surface area (Å²) in [5.41, 5.74) is 7.07. The lowest BCUT2D eigenvalue weighted by atomic mass is 9.89. The standard InChI is InChI=1S/C33H33N5O7/c1-19-14-27(36-45-19)31(40)38-17-23(24(18-38)32(41)42)21-9-11-22(12-10-21)37(2)30(39)16-20-8-13-26-29(15-20)44-33(35-26)34-25-6-4-5-7-28(25)43-3/h4-15,19,23-24,36H,16-18H2,1-3H3,(H,34,35)(H,41,42). The fourth-order valence-corrected chi connectivity index (χ4v) is 5.68. The van der Waals surface area contributed by atoms with Crippen LogP contribution in [0.25, 0.3) is 11.1 Å². The number of carboxylic acids is 1. The summed E-state index contributed by atoms with van der Waals surface area (Å²) >= 11 is 0. The number of rotatable bonds is 9. The summed E-state index contributed by atoms with van der Waals surface area (Å²) < 4.78 is 11.3. The van der Waals surface area contributed by atoms with Crippen molar-refractivity contribution in [2.75, 3.05) is 37.5 Å². The van der Waals surface area contributed by atoms with E-state index in [2.05, 4.69) is 15.8 Å². The Balaban J connectivity index is 1.11. The molecule has 232 valence electrons. The van der Waals surface area contributed by atoms with Crippen molar-refractivity contribution in [3.05, 3.63) is 89.6 Å². The van der Waals surface area contributed by atoms with Crippen LogP contribution in [0.5, 0.6) is 5.75 Å². The molecule has 3 heterocycles. The zero-order valence-corrected chi connectivity index (χ0v) is 25.0. The van der Waals surface area contributed by atoms with Gasteiger partial charge in [0.05, 0.1) is 25.1 Å². The summed E-state index contributed by atoms with van der Waals surface area (Å²) in [5, 5.41) is 13.0. The van der Waals surface area contributed by atoms with Gasteiger partial charge in [-0.2, -0.15) is 4.98 Å². The number of hydroxylamine groups is 1. The third-order valence-corrected chi connectivity index (χ3v) is 8.15. The van der Waals surface area contributed by atoms with E-state index < -0.39 is 17.8 Å². The normalized spacial score (nSPS) is 19.2. The van der Waals surface area contributed by atoms with Crippen LogP contribution in [0.2, 0.25) is 0 Å². The highest BCUT2D eigenvalue weighted by Gasteiger charge is 2.41. The number of ether oxygens (including phenoxy) is 1. The maximum atomic E-state index is 13.2. The fourth-order valence-electron chi connectivity index (χ4n) is 5.68. The first-order valence-corrected chi connectivity index (χ1v) is 14.5. The molecular formula is C33H33N5O7. The number of nitrogens with zero attached hydrogens (tertiary/aromatic N) is 3. The number of likely N-dealkylation sites (N-methyl/N-ethyl adjacent to an activating group) is 1. The summed E-state index contributed by atoms with van der Waals surface area (Å²) in [5.74, 6) is -1.87. The lowest BCUT2D eigenvalue weighted by Gasteiger charge is -2.20. The van der Waals surface area contributed by atoms with Crippen molar-refractivity contribution >= 4 is 46.3 Å². The van der Waals surface area contributed by atoms with Gasteiger partial charge in [-0.15, -0.1) is 0 Å². The zero-order chi connectivity index (χ0) is 31.7. The van der Waals surface area contributed by atoms with E-state index >= 15 is 0 Å². The van der Waals surface area contributed by atoms with Gasteiger partial charge in [-0.25, -0.2) is 0 Å². The summed E-state index contributed by atoms with van der Waals surface area (Å²) in [7, 11) is 3.29. The Hall–Kier alpha value is -5.36. The van der Waals surface area contributed by atoms with Gasteiger partial charge in [0.2, 0.25) is 5.91 Å². The number of aromatic nitrogens is 1. The number of likely N-dealkylation sites (tertiary alicyclic amines) is 1. The largest absolute Gasteiger partial charge is 0.495 e. The molecule has 1 aromatic heterocycles. The molecule has 12 heteroatoms. The molecule has 3 N–H and O–H groups in total. The Morgan fingerprint density at radius 1 is 1.11 bits per heavy atom. The molecule has 3 unspecified atom stereocenters. The maximum Gasteiger partial charge on any atom is 0.308 e. The van der Waals surface area contributed by atoms with Crippen molar-refractivity contribution in [2.24, 2.45) is 5.92 Å². The summed E-state index contributed by atoms with van der Waals surface area (Å²) in [4.78, 5) is 51.1. The number of hydrogen-bond donors (Lipinski definition) is 3. The molecule has 1 saturated heterocycles. The molecule has 0 saturated carbocycles. The van der Waals surface area contributed by atoms with Crippen molar-refractivity contribution in [1.29, 1.82) is 0 Å². The maximum absolute atomic E-state index is 13.2. The molecule has 0 aliphatic carbocycles. The topological polar surface area (TPSA) is 146 Å². The molecule has 3 atom stereocenters. The number of carboxylic acid groups (broad SMARTS) is 1. The van der Waals surface area contributed by atoms with Crippen LogP contribution in [0.3, 0.4) is 0 Å². The van der Waals surface area contributed by atoms with Crippen LogP contribution in [0.15, 0.2) is 82.9 Å². The Morgan fingerprint density at radius 2 is 1.89 bits per heavy atom. The molecule has 4 aromatic rings. The van der Waals surface area contributed by atoms with Gasteiger partial charge in [0.1, 0.15) is 23.1 Å². The minimum Gasteiger partial charge on any atom is -0.495 e. The molecule has 0 spiro atoms. The van der Waals surface area contributed by atoms with E-state index in [1.54, 1.807) is 50.3 Å². The van der Waals surface area contributed by atoms with E-state index in [9.17, 15) is 19.5 Å². The Kier molecular flexibility index (Phi) is 8.14. The molecule has 0 bridgehead atoms. The van der Waals surface area contributed by atoms with Crippen LogP contribution in [0.1, 0.15) is 24.0 Å². The average Bonchev–Trinajstić information content (AvgIpc) is 3.79. The highest BCUT2D eigenvalue weighted by molar-refractivity contribution is 5.95. The molecule has 12 nitrogen and oxygen atoms in total. The average molecular weight is 612 g/mol. The molecule has 2 amide bonds. The smallest absolute Gasteiger partial charge is 0.308 e. The van der Waals surface area contributed by atoms with E-state index in [0.29, 0.717) is 34.2 Å². The monoisotopic (exact) mass is 611 g/mol. The SMILES string of the molecule is COc1ccccc1Nc1nc2ccc(CC(=O)N(C)c3ccc(C4CN(C(=O)C5=CC(C)ON5)CC4C(=O)O)cc3)cc2o1. The van der Waals surface area contributed by atoms with Gasteiger partial charge in [0.15, 0.2) is 5.58 Å². The van der Waals surface area contributed by atoms with Crippen LogP contribution in [0.4, 0.5) is 17.4 Å². The lowest BCUT2D eigenvalue weighted by molar-refractivity contribution is -0.141. The second kappa shape index (κ2) is 12.3. The number of hydrogen-bond acceptors (Lipinski definition) is 9. The van der Waals surface area contributed by atoms with Crippen molar-refractivity contribution < 1.29 is 33.5 Å². The second-order valence-electron chi connectivity index (χ2n) is 11.1. The van der Waals surface area contributed by atoms with E-state index in [0.717, 1.165) is 16.8 Å². The van der Waals surface area contributed by atoms with Gasteiger partial charge in [-0.05, 0) is 60.5 Å². The molecule has 6 rings (SSSR count). The number of carbonyl (C=O) groups is 3. The number of amides is 2. The minimum absolute atomic E-state index is 0.0971. The third-order valence-electron chi connectivity index (χ3n) is 8.15. The molecule has 0 radical (unpaired) electrons. The predicted octanol–water partition coefficient (Wildman–Crippen LogP) is 4.22. The predicted molar refractivity (Wildman–Crippen MR) is 166 cm³/mol. The van der Waals surface area contributed by atoms with Crippen LogP contribution < -0.4 is 20.4 Å². The quantitative estimate of drug-likeness (QED) is 0.251. The summed E-state index contributed by atoms with van der Waals surface area (Å²) in [6.07, 6.45) is 1.57. The van der Waals surface area contributed by atoms with Crippen LogP contribution >= 0.6 is 0 Å². The van der Waals surface area contributed by atoms with Crippen molar-refractivity contribution in [3.8, 4) is 5.75 Å². The van der Waals surface area contributed by atoms with E-state index in [4.69, 9.17) is 14.0 Å². The highest BCUT2D eigenvalue weighted by Crippen LogP contribution is 2.35. The molecule has 3 aromatic carbocycles. The van der Waals surface area contributed by atoms with Gasteiger partial charge < -0.3 is 29.4 Å². The van der Waals surface area contributed by atoms with Crippen molar-refractivity contribution in [2.45, 2.75) is 25.4 Å². The van der Waals surface area contributed by atoms with Gasteiger partial charge in [0.25, 0.3) is 11.9 Å². The van der Waals surface area contributed by atoms with Crippen LogP contribution in [-0.2, 0) is 25.6 Å². The number of oxazole rings is 1. The molecular weight excluding hydrogens is 578 g/mol. The van der Waals surface area contributed by atoms with Gasteiger partial charge in [-0.1, -0.05) is 30.3 Å². The zero-order valence-electron chi connectivity index (χ0n) is 25.0.